The van der Waals surface area contributed by atoms with Gasteiger partial charge in [-0.3, -0.25) is 4.79 Å². The molecule has 3 heteroatoms. The van der Waals surface area contributed by atoms with Crippen molar-refractivity contribution in [2.45, 2.75) is 26.2 Å². The van der Waals surface area contributed by atoms with Crippen molar-refractivity contribution in [1.82, 2.24) is 0 Å². The number of rotatable bonds is 5. The molecule has 76 valence electrons. The molecule has 3 nitrogen and oxygen atoms in total. The molecule has 1 aliphatic heterocycles. The molecule has 1 heterocycles. The summed E-state index contributed by atoms with van der Waals surface area (Å²) in [5, 5.41) is 0. The number of Topliss-reactive ketones (excluding diaryl/α,β-unsaturated/α-hetero) is 1. The lowest BCUT2D eigenvalue weighted by atomic mass is 9.96. The van der Waals surface area contributed by atoms with Crippen molar-refractivity contribution in [3.8, 4) is 0 Å². The van der Waals surface area contributed by atoms with Gasteiger partial charge in [0.25, 0.3) is 0 Å². The zero-order valence-electron chi connectivity index (χ0n) is 8.25. The fourth-order valence-corrected chi connectivity index (χ4v) is 1.52. The zero-order valence-corrected chi connectivity index (χ0v) is 8.25. The molecular weight excluding hydrogens is 168 g/mol. The molecule has 1 fully saturated rings. The van der Waals surface area contributed by atoms with E-state index in [0.717, 1.165) is 19.4 Å². The van der Waals surface area contributed by atoms with Crippen LogP contribution in [0.15, 0.2) is 0 Å². The van der Waals surface area contributed by atoms with Gasteiger partial charge in [0.1, 0.15) is 5.78 Å². The van der Waals surface area contributed by atoms with Crippen LogP contribution in [0.1, 0.15) is 26.2 Å². The van der Waals surface area contributed by atoms with E-state index in [2.05, 4.69) is 0 Å². The van der Waals surface area contributed by atoms with Crippen molar-refractivity contribution < 1.29 is 14.3 Å². The highest BCUT2D eigenvalue weighted by atomic mass is 16.5. The first-order valence-corrected chi connectivity index (χ1v) is 5.02. The summed E-state index contributed by atoms with van der Waals surface area (Å²) in [6.45, 7) is 4.62. The maximum Gasteiger partial charge on any atom is 0.140 e. The molecule has 1 unspecified atom stereocenters. The summed E-state index contributed by atoms with van der Waals surface area (Å²) < 4.78 is 10.4. The second-order valence-electron chi connectivity index (χ2n) is 3.33. The minimum atomic E-state index is 0.134. The minimum Gasteiger partial charge on any atom is -0.381 e. The van der Waals surface area contributed by atoms with Crippen LogP contribution >= 0.6 is 0 Å². The lowest BCUT2D eigenvalue weighted by Gasteiger charge is -2.20. The van der Waals surface area contributed by atoms with Crippen LogP contribution in [-0.2, 0) is 14.3 Å². The maximum atomic E-state index is 11.5. The fraction of sp³-hybridized carbons (Fsp3) is 0.900. The van der Waals surface area contributed by atoms with Crippen LogP contribution in [0.3, 0.4) is 0 Å². The van der Waals surface area contributed by atoms with Crippen molar-refractivity contribution in [2.24, 2.45) is 5.92 Å². The van der Waals surface area contributed by atoms with Gasteiger partial charge < -0.3 is 9.47 Å². The molecule has 0 amide bonds. The molecule has 1 aliphatic rings. The highest BCUT2D eigenvalue weighted by molar-refractivity contribution is 5.81. The Morgan fingerprint density at radius 3 is 3.08 bits per heavy atom. The van der Waals surface area contributed by atoms with Crippen LogP contribution in [0, 0.1) is 5.92 Å². The standard InChI is InChI=1S/C10H18O3/c1-2-12-7-5-10(11)9-4-3-6-13-8-9/h9H,2-8H2,1H3. The quantitative estimate of drug-likeness (QED) is 0.609. The average Bonchev–Trinajstić information content (AvgIpc) is 2.19. The van der Waals surface area contributed by atoms with Crippen LogP contribution in [0.2, 0.25) is 0 Å². The molecule has 0 saturated carbocycles. The first-order valence-electron chi connectivity index (χ1n) is 5.02. The second kappa shape index (κ2) is 6.11. The summed E-state index contributed by atoms with van der Waals surface area (Å²) in [5.41, 5.74) is 0. The van der Waals surface area contributed by atoms with Crippen molar-refractivity contribution in [2.75, 3.05) is 26.4 Å². The Kier molecular flexibility index (Phi) is 5.01. The molecule has 1 rings (SSSR count). The predicted molar refractivity (Wildman–Crippen MR) is 49.7 cm³/mol. The molecule has 0 aromatic carbocycles. The SMILES string of the molecule is CCOCCC(=O)C1CCCOC1. The van der Waals surface area contributed by atoms with Crippen LogP contribution in [0.5, 0.6) is 0 Å². The van der Waals surface area contributed by atoms with E-state index in [4.69, 9.17) is 9.47 Å². The number of carbonyl (C=O) groups is 1. The Morgan fingerprint density at radius 2 is 2.46 bits per heavy atom. The van der Waals surface area contributed by atoms with Gasteiger partial charge in [-0.2, -0.15) is 0 Å². The van der Waals surface area contributed by atoms with Crippen molar-refractivity contribution in [3.63, 3.8) is 0 Å². The van der Waals surface area contributed by atoms with E-state index >= 15 is 0 Å². The molecular formula is C10H18O3. The Balaban J connectivity index is 2.13. The van der Waals surface area contributed by atoms with Gasteiger partial charge in [0.15, 0.2) is 0 Å². The average molecular weight is 186 g/mol. The van der Waals surface area contributed by atoms with Gasteiger partial charge in [-0.1, -0.05) is 0 Å². The number of carbonyl (C=O) groups excluding carboxylic acids is 1. The number of hydrogen-bond acceptors (Lipinski definition) is 3. The third kappa shape index (κ3) is 3.87. The second-order valence-corrected chi connectivity index (χ2v) is 3.33. The van der Waals surface area contributed by atoms with E-state index in [1.54, 1.807) is 0 Å². The van der Waals surface area contributed by atoms with E-state index in [-0.39, 0.29) is 5.92 Å². The Morgan fingerprint density at radius 1 is 1.62 bits per heavy atom. The number of ketones is 1. The van der Waals surface area contributed by atoms with Crippen molar-refractivity contribution in [3.05, 3.63) is 0 Å². The summed E-state index contributed by atoms with van der Waals surface area (Å²) in [5.74, 6) is 0.433. The highest BCUT2D eigenvalue weighted by Crippen LogP contribution is 2.15. The summed E-state index contributed by atoms with van der Waals surface area (Å²) in [6, 6.07) is 0. The third-order valence-electron chi connectivity index (χ3n) is 2.31. The fourth-order valence-electron chi connectivity index (χ4n) is 1.52. The van der Waals surface area contributed by atoms with E-state index in [0.29, 0.717) is 32.0 Å². The van der Waals surface area contributed by atoms with Gasteiger partial charge in [-0.05, 0) is 19.8 Å². The van der Waals surface area contributed by atoms with Crippen LogP contribution in [0.4, 0.5) is 0 Å². The van der Waals surface area contributed by atoms with E-state index in [1.807, 2.05) is 6.92 Å². The van der Waals surface area contributed by atoms with Gasteiger partial charge >= 0.3 is 0 Å². The smallest absolute Gasteiger partial charge is 0.140 e. The Labute approximate surface area is 79.4 Å². The molecule has 0 aromatic rings. The van der Waals surface area contributed by atoms with Crippen LogP contribution in [-0.4, -0.2) is 32.2 Å². The highest BCUT2D eigenvalue weighted by Gasteiger charge is 2.20. The lowest BCUT2D eigenvalue weighted by molar-refractivity contribution is -0.127. The maximum absolute atomic E-state index is 11.5. The normalized spacial score (nSPS) is 23.0. The number of ether oxygens (including phenoxy) is 2. The van der Waals surface area contributed by atoms with E-state index in [9.17, 15) is 4.79 Å². The first kappa shape index (κ1) is 10.7. The zero-order chi connectivity index (χ0) is 9.52. The summed E-state index contributed by atoms with van der Waals surface area (Å²) in [7, 11) is 0. The predicted octanol–water partition coefficient (Wildman–Crippen LogP) is 1.41. The topological polar surface area (TPSA) is 35.5 Å². The largest absolute Gasteiger partial charge is 0.381 e. The Hall–Kier alpha value is -0.410. The van der Waals surface area contributed by atoms with Gasteiger partial charge in [0.05, 0.1) is 13.2 Å². The molecule has 0 bridgehead atoms. The molecule has 13 heavy (non-hydrogen) atoms. The van der Waals surface area contributed by atoms with Crippen molar-refractivity contribution >= 4 is 5.78 Å². The summed E-state index contributed by atoms with van der Waals surface area (Å²) >= 11 is 0. The van der Waals surface area contributed by atoms with Crippen molar-refractivity contribution in [1.29, 1.82) is 0 Å². The number of hydrogen-bond donors (Lipinski definition) is 0. The van der Waals surface area contributed by atoms with Gasteiger partial charge in [-0.25, -0.2) is 0 Å². The van der Waals surface area contributed by atoms with Gasteiger partial charge in [0.2, 0.25) is 0 Å². The first-order chi connectivity index (χ1) is 6.34. The lowest BCUT2D eigenvalue weighted by Crippen LogP contribution is -2.26. The molecule has 0 aromatic heterocycles. The molecule has 0 radical (unpaired) electrons. The van der Waals surface area contributed by atoms with Gasteiger partial charge in [0, 0.05) is 25.6 Å². The van der Waals surface area contributed by atoms with E-state index < -0.39 is 0 Å². The molecule has 1 saturated heterocycles. The van der Waals surface area contributed by atoms with E-state index in [1.165, 1.54) is 0 Å². The third-order valence-corrected chi connectivity index (χ3v) is 2.31. The summed E-state index contributed by atoms with van der Waals surface area (Å²) in [6.07, 6.45) is 2.55. The minimum absolute atomic E-state index is 0.134. The molecule has 1 atom stereocenters. The van der Waals surface area contributed by atoms with Crippen LogP contribution in [0.25, 0.3) is 0 Å². The Bertz CT molecular complexity index is 150. The molecule has 0 N–H and O–H groups in total. The molecule has 0 spiro atoms. The summed E-state index contributed by atoms with van der Waals surface area (Å²) in [4.78, 5) is 11.5. The molecule has 0 aliphatic carbocycles. The van der Waals surface area contributed by atoms with Gasteiger partial charge in [-0.15, -0.1) is 0 Å². The monoisotopic (exact) mass is 186 g/mol. The van der Waals surface area contributed by atoms with Crippen LogP contribution < -0.4 is 0 Å².